The van der Waals surface area contributed by atoms with Crippen LogP contribution in [-0.2, 0) is 11.3 Å². The van der Waals surface area contributed by atoms with E-state index in [1.165, 1.54) is 0 Å². The Morgan fingerprint density at radius 2 is 1.86 bits per heavy atom. The molecule has 0 bridgehead atoms. The van der Waals surface area contributed by atoms with Crippen molar-refractivity contribution in [1.29, 1.82) is 0 Å². The average molecular weight is 517 g/mol. The Balaban J connectivity index is 0.00000420. The molecule has 1 amide bonds. The molecule has 2 N–H and O–H groups in total. The highest BCUT2D eigenvalue weighted by atomic mass is 127. The minimum Gasteiger partial charge on any atom is -0.494 e. The van der Waals surface area contributed by atoms with Gasteiger partial charge in [0.05, 0.1) is 19.7 Å². The number of aliphatic imine (C=N–C) groups is 1. The number of nitrogens with zero attached hydrogens (tertiary/aromatic N) is 3. The summed E-state index contributed by atoms with van der Waals surface area (Å²) in [4.78, 5) is 20.8. The van der Waals surface area contributed by atoms with Crippen LogP contribution in [0.3, 0.4) is 0 Å². The Hall–Kier alpha value is -1.55. The van der Waals surface area contributed by atoms with Gasteiger partial charge in [-0.05, 0) is 58.0 Å². The molecular weight excluding hydrogens is 481 g/mol. The molecule has 0 unspecified atom stereocenters. The molecule has 0 aliphatic carbocycles. The van der Waals surface area contributed by atoms with Crippen LogP contribution in [0.15, 0.2) is 29.3 Å². The van der Waals surface area contributed by atoms with E-state index in [9.17, 15) is 4.79 Å². The summed E-state index contributed by atoms with van der Waals surface area (Å²) >= 11 is 0. The summed E-state index contributed by atoms with van der Waals surface area (Å²) in [6.07, 6.45) is 3.22. The van der Waals surface area contributed by atoms with Crippen molar-refractivity contribution in [2.45, 2.75) is 32.7 Å². The highest BCUT2D eigenvalue weighted by Gasteiger charge is 2.17. The van der Waals surface area contributed by atoms with Gasteiger partial charge in [-0.15, -0.1) is 24.0 Å². The molecule has 8 heteroatoms. The van der Waals surface area contributed by atoms with Crippen molar-refractivity contribution >= 4 is 35.8 Å². The Bertz CT molecular complexity index is 616. The first-order valence-corrected chi connectivity index (χ1v) is 10.2. The number of hydrogen-bond donors (Lipinski definition) is 2. The number of rotatable bonds is 10. The van der Waals surface area contributed by atoms with Crippen molar-refractivity contribution in [3.05, 3.63) is 29.8 Å². The number of amides is 1. The second kappa shape index (κ2) is 14.4. The normalized spacial score (nSPS) is 13.9. The Morgan fingerprint density at radius 1 is 1.17 bits per heavy atom. The minimum absolute atomic E-state index is 0. The smallest absolute Gasteiger partial charge is 0.241 e. The first-order chi connectivity index (χ1) is 13.6. The highest BCUT2D eigenvalue weighted by Crippen LogP contribution is 2.13. The van der Waals surface area contributed by atoms with Gasteiger partial charge in [0.2, 0.25) is 5.91 Å². The van der Waals surface area contributed by atoms with Crippen LogP contribution >= 0.6 is 24.0 Å². The molecule has 0 atom stereocenters. The molecule has 1 heterocycles. The van der Waals surface area contributed by atoms with Crippen LogP contribution in [0.2, 0.25) is 0 Å². The van der Waals surface area contributed by atoms with Gasteiger partial charge in [-0.2, -0.15) is 0 Å². The third kappa shape index (κ3) is 10.2. The summed E-state index contributed by atoms with van der Waals surface area (Å²) in [6, 6.07) is 8.03. The number of likely N-dealkylation sites (tertiary alicyclic amines) is 1. The van der Waals surface area contributed by atoms with E-state index < -0.39 is 0 Å². The molecular formula is C21H36IN5O2. The molecule has 29 heavy (non-hydrogen) atoms. The van der Waals surface area contributed by atoms with Crippen LogP contribution < -0.4 is 15.4 Å². The molecule has 1 saturated heterocycles. The van der Waals surface area contributed by atoms with Crippen molar-refractivity contribution in [2.24, 2.45) is 4.99 Å². The topological polar surface area (TPSA) is 69.2 Å². The molecule has 1 fully saturated rings. The van der Waals surface area contributed by atoms with E-state index >= 15 is 0 Å². The molecule has 7 nitrogen and oxygen atoms in total. The number of guanidine groups is 1. The molecule has 0 spiro atoms. The van der Waals surface area contributed by atoms with Gasteiger partial charge in [-0.25, -0.2) is 4.99 Å². The molecule has 0 radical (unpaired) electrons. The second-order valence-electron chi connectivity index (χ2n) is 7.29. The first kappa shape index (κ1) is 25.5. The lowest BCUT2D eigenvalue weighted by Crippen LogP contribution is -2.44. The van der Waals surface area contributed by atoms with Crippen molar-refractivity contribution < 1.29 is 9.53 Å². The largest absolute Gasteiger partial charge is 0.494 e. The quantitative estimate of drug-likeness (QED) is 0.216. The van der Waals surface area contributed by atoms with Crippen LogP contribution in [0, 0.1) is 0 Å². The van der Waals surface area contributed by atoms with Crippen molar-refractivity contribution in [3.8, 4) is 5.75 Å². The SMILES string of the molecule is CCNC(=NCc1ccc(OCCCN(C)C)cc1)NCC(=O)N1CCCC1.I. The summed E-state index contributed by atoms with van der Waals surface area (Å²) in [6.45, 7) is 7.09. The van der Waals surface area contributed by atoms with Crippen molar-refractivity contribution in [1.82, 2.24) is 20.4 Å². The van der Waals surface area contributed by atoms with Crippen molar-refractivity contribution in [2.75, 3.05) is 53.4 Å². The molecule has 0 saturated carbocycles. The predicted molar refractivity (Wildman–Crippen MR) is 129 cm³/mol. The molecule has 0 aromatic heterocycles. The molecule has 164 valence electrons. The minimum atomic E-state index is 0. The third-order valence-electron chi connectivity index (χ3n) is 4.57. The van der Waals surface area contributed by atoms with E-state index in [-0.39, 0.29) is 36.4 Å². The fourth-order valence-electron chi connectivity index (χ4n) is 3.01. The number of nitrogens with one attached hydrogen (secondary N) is 2. The van der Waals surface area contributed by atoms with Crippen LogP contribution in [-0.4, -0.2) is 75.1 Å². The maximum absolute atomic E-state index is 12.2. The fraction of sp³-hybridized carbons (Fsp3) is 0.619. The van der Waals surface area contributed by atoms with Crippen LogP contribution in [0.25, 0.3) is 0 Å². The summed E-state index contributed by atoms with van der Waals surface area (Å²) in [5.41, 5.74) is 1.10. The average Bonchev–Trinajstić information content (AvgIpc) is 3.23. The van der Waals surface area contributed by atoms with E-state index in [2.05, 4.69) is 34.6 Å². The number of carbonyl (C=O) groups excluding carboxylic acids is 1. The van der Waals surface area contributed by atoms with E-state index in [1.54, 1.807) is 0 Å². The van der Waals surface area contributed by atoms with Gasteiger partial charge >= 0.3 is 0 Å². The van der Waals surface area contributed by atoms with E-state index in [4.69, 9.17) is 4.74 Å². The number of ether oxygens (including phenoxy) is 1. The lowest BCUT2D eigenvalue weighted by Gasteiger charge is -2.17. The Labute approximate surface area is 192 Å². The maximum Gasteiger partial charge on any atom is 0.241 e. The van der Waals surface area contributed by atoms with Gasteiger partial charge in [0.25, 0.3) is 0 Å². The lowest BCUT2D eigenvalue weighted by atomic mass is 10.2. The summed E-state index contributed by atoms with van der Waals surface area (Å²) in [7, 11) is 4.13. The van der Waals surface area contributed by atoms with Crippen LogP contribution in [0.1, 0.15) is 31.7 Å². The van der Waals surface area contributed by atoms with Gasteiger partial charge in [0, 0.05) is 26.2 Å². The molecule has 1 aliphatic heterocycles. The van der Waals surface area contributed by atoms with Gasteiger partial charge in [0.15, 0.2) is 5.96 Å². The fourth-order valence-corrected chi connectivity index (χ4v) is 3.01. The van der Waals surface area contributed by atoms with Crippen molar-refractivity contribution in [3.63, 3.8) is 0 Å². The molecule has 1 aromatic carbocycles. The zero-order chi connectivity index (χ0) is 20.2. The monoisotopic (exact) mass is 517 g/mol. The predicted octanol–water partition coefficient (Wildman–Crippen LogP) is 2.31. The Morgan fingerprint density at radius 3 is 2.48 bits per heavy atom. The van der Waals surface area contributed by atoms with E-state index in [0.29, 0.717) is 12.5 Å². The Kier molecular flexibility index (Phi) is 12.7. The zero-order valence-corrected chi connectivity index (χ0v) is 20.3. The molecule has 1 aromatic rings. The summed E-state index contributed by atoms with van der Waals surface area (Å²) in [5, 5.41) is 6.33. The highest BCUT2D eigenvalue weighted by molar-refractivity contribution is 14.0. The van der Waals surface area contributed by atoms with Gasteiger partial charge < -0.3 is 25.2 Å². The molecule has 1 aliphatic rings. The number of carbonyl (C=O) groups is 1. The van der Waals surface area contributed by atoms with Gasteiger partial charge in [-0.1, -0.05) is 12.1 Å². The second-order valence-corrected chi connectivity index (χ2v) is 7.29. The van der Waals surface area contributed by atoms with E-state index in [0.717, 1.165) is 63.4 Å². The molecule has 2 rings (SSSR count). The third-order valence-corrected chi connectivity index (χ3v) is 4.57. The zero-order valence-electron chi connectivity index (χ0n) is 17.9. The summed E-state index contributed by atoms with van der Waals surface area (Å²) in [5.74, 6) is 1.69. The number of benzene rings is 1. The van der Waals surface area contributed by atoms with Gasteiger partial charge in [-0.3, -0.25) is 4.79 Å². The summed E-state index contributed by atoms with van der Waals surface area (Å²) < 4.78 is 5.76. The van der Waals surface area contributed by atoms with Gasteiger partial charge in [0.1, 0.15) is 5.75 Å². The number of hydrogen-bond acceptors (Lipinski definition) is 4. The standard InChI is InChI=1S/C21H35N5O2.HI/c1-4-22-21(24-17-20(27)26-13-5-6-14-26)23-16-18-8-10-19(11-9-18)28-15-7-12-25(2)3;/h8-11H,4-7,12-17H2,1-3H3,(H2,22,23,24);1H. The number of halogens is 1. The maximum atomic E-state index is 12.2. The van der Waals surface area contributed by atoms with Crippen LogP contribution in [0.5, 0.6) is 5.75 Å². The first-order valence-electron chi connectivity index (χ1n) is 10.2. The van der Waals surface area contributed by atoms with Crippen LogP contribution in [0.4, 0.5) is 0 Å². The van der Waals surface area contributed by atoms with E-state index in [1.807, 2.05) is 36.1 Å². The lowest BCUT2D eigenvalue weighted by molar-refractivity contribution is -0.128.